The summed E-state index contributed by atoms with van der Waals surface area (Å²) in [6, 6.07) is 3.40. The van der Waals surface area contributed by atoms with E-state index in [2.05, 4.69) is 20.2 Å². The van der Waals surface area contributed by atoms with Gasteiger partial charge in [-0.1, -0.05) is 0 Å². The van der Waals surface area contributed by atoms with Gasteiger partial charge in [0.05, 0.1) is 19.0 Å². The van der Waals surface area contributed by atoms with Gasteiger partial charge in [-0.2, -0.15) is 5.10 Å². The molecular formula is C10H14N4O3S. The number of nitrogens with zero attached hydrogens (tertiary/aromatic N) is 1. The molecule has 0 bridgehead atoms. The Morgan fingerprint density at radius 2 is 2.28 bits per heavy atom. The third kappa shape index (κ3) is 2.78. The Labute approximate surface area is 105 Å². The van der Waals surface area contributed by atoms with Gasteiger partial charge in [-0.3, -0.25) is 5.10 Å². The molecule has 98 valence electrons. The average Bonchev–Trinajstić information content (AvgIpc) is 2.97. The van der Waals surface area contributed by atoms with E-state index >= 15 is 0 Å². The molecule has 0 saturated carbocycles. The van der Waals surface area contributed by atoms with Crippen molar-refractivity contribution in [3.8, 4) is 0 Å². The van der Waals surface area contributed by atoms with Crippen molar-refractivity contribution in [3.63, 3.8) is 0 Å². The molecule has 0 spiro atoms. The first-order valence-corrected chi connectivity index (χ1v) is 6.80. The van der Waals surface area contributed by atoms with Crippen LogP contribution < -0.4 is 10.0 Å². The summed E-state index contributed by atoms with van der Waals surface area (Å²) in [6.07, 6.45) is 2.98. The quantitative estimate of drug-likeness (QED) is 0.696. The van der Waals surface area contributed by atoms with Gasteiger partial charge in [0.1, 0.15) is 5.76 Å². The zero-order chi connectivity index (χ0) is 13.0. The van der Waals surface area contributed by atoms with Crippen molar-refractivity contribution in [1.82, 2.24) is 20.2 Å². The molecule has 2 aromatic rings. The van der Waals surface area contributed by atoms with E-state index in [-0.39, 0.29) is 11.6 Å². The minimum Gasteiger partial charge on any atom is -0.468 e. The van der Waals surface area contributed by atoms with Crippen LogP contribution in [-0.2, 0) is 23.1 Å². The molecule has 2 aromatic heterocycles. The molecule has 0 amide bonds. The largest absolute Gasteiger partial charge is 0.468 e. The van der Waals surface area contributed by atoms with Crippen LogP contribution in [0.4, 0.5) is 0 Å². The highest BCUT2D eigenvalue weighted by molar-refractivity contribution is 7.89. The highest BCUT2D eigenvalue weighted by atomic mass is 32.2. The molecule has 7 nitrogen and oxygen atoms in total. The standard InChI is InChI=1S/C10H14N4O3S/c1-11-5-8-6-12-14-10(8)18(15,16)13-7-9-3-2-4-17-9/h2-4,6,11,13H,5,7H2,1H3,(H,12,14). The van der Waals surface area contributed by atoms with Gasteiger partial charge in [-0.05, 0) is 19.2 Å². The zero-order valence-corrected chi connectivity index (χ0v) is 10.6. The lowest BCUT2D eigenvalue weighted by Crippen LogP contribution is -2.25. The molecule has 2 heterocycles. The van der Waals surface area contributed by atoms with Crippen molar-refractivity contribution in [2.75, 3.05) is 7.05 Å². The fourth-order valence-corrected chi connectivity index (χ4v) is 2.62. The second kappa shape index (κ2) is 5.34. The number of hydrogen-bond acceptors (Lipinski definition) is 5. The van der Waals surface area contributed by atoms with Gasteiger partial charge in [-0.15, -0.1) is 0 Å². The van der Waals surface area contributed by atoms with Crippen molar-refractivity contribution in [3.05, 3.63) is 35.9 Å². The van der Waals surface area contributed by atoms with E-state index < -0.39 is 10.0 Å². The summed E-state index contributed by atoms with van der Waals surface area (Å²) >= 11 is 0. The van der Waals surface area contributed by atoms with Crippen LogP contribution in [-0.4, -0.2) is 25.7 Å². The number of sulfonamides is 1. The van der Waals surface area contributed by atoms with Crippen molar-refractivity contribution in [1.29, 1.82) is 0 Å². The molecule has 3 N–H and O–H groups in total. The molecule has 0 atom stereocenters. The van der Waals surface area contributed by atoms with E-state index in [1.54, 1.807) is 19.2 Å². The SMILES string of the molecule is CNCc1cn[nH]c1S(=O)(=O)NCc1ccco1. The zero-order valence-electron chi connectivity index (χ0n) is 9.80. The number of aromatic amines is 1. The van der Waals surface area contributed by atoms with Crippen LogP contribution in [0.25, 0.3) is 0 Å². The Hall–Kier alpha value is -1.64. The topological polar surface area (TPSA) is 100 Å². The van der Waals surface area contributed by atoms with E-state index in [9.17, 15) is 8.42 Å². The number of nitrogens with one attached hydrogen (secondary N) is 3. The molecule has 0 saturated heterocycles. The molecule has 0 aliphatic heterocycles. The third-order valence-corrected chi connectivity index (χ3v) is 3.75. The summed E-state index contributed by atoms with van der Waals surface area (Å²) in [4.78, 5) is 0. The highest BCUT2D eigenvalue weighted by Gasteiger charge is 2.20. The Balaban J connectivity index is 2.12. The van der Waals surface area contributed by atoms with Crippen molar-refractivity contribution < 1.29 is 12.8 Å². The Bertz CT molecular complexity index is 588. The fourth-order valence-electron chi connectivity index (χ4n) is 1.50. The van der Waals surface area contributed by atoms with Gasteiger partial charge >= 0.3 is 0 Å². The molecule has 2 rings (SSSR count). The van der Waals surface area contributed by atoms with Crippen LogP contribution in [0, 0.1) is 0 Å². The minimum atomic E-state index is -3.61. The van der Waals surface area contributed by atoms with Crippen LogP contribution in [0.1, 0.15) is 11.3 Å². The average molecular weight is 270 g/mol. The molecule has 0 aliphatic carbocycles. The smallest absolute Gasteiger partial charge is 0.258 e. The van der Waals surface area contributed by atoms with Crippen molar-refractivity contribution in [2.45, 2.75) is 18.1 Å². The maximum absolute atomic E-state index is 12.0. The lowest BCUT2D eigenvalue weighted by Gasteiger charge is -2.05. The Kier molecular flexibility index (Phi) is 3.80. The summed E-state index contributed by atoms with van der Waals surface area (Å²) in [5.74, 6) is 0.549. The van der Waals surface area contributed by atoms with Gasteiger partial charge in [0.2, 0.25) is 0 Å². The number of aromatic nitrogens is 2. The lowest BCUT2D eigenvalue weighted by molar-refractivity contribution is 0.498. The van der Waals surface area contributed by atoms with E-state index in [0.29, 0.717) is 17.9 Å². The Morgan fingerprint density at radius 1 is 1.44 bits per heavy atom. The normalized spacial score (nSPS) is 11.8. The maximum Gasteiger partial charge on any atom is 0.258 e. The first kappa shape index (κ1) is 12.8. The van der Waals surface area contributed by atoms with Gasteiger partial charge < -0.3 is 9.73 Å². The van der Waals surface area contributed by atoms with E-state index in [0.717, 1.165) is 0 Å². The molecule has 0 fully saturated rings. The molecule has 18 heavy (non-hydrogen) atoms. The second-order valence-corrected chi connectivity index (χ2v) is 5.36. The first-order valence-electron chi connectivity index (χ1n) is 5.32. The minimum absolute atomic E-state index is 0.0726. The molecule has 0 radical (unpaired) electrons. The van der Waals surface area contributed by atoms with E-state index in [1.165, 1.54) is 12.5 Å². The van der Waals surface area contributed by atoms with Crippen LogP contribution in [0.5, 0.6) is 0 Å². The molecular weight excluding hydrogens is 256 g/mol. The molecule has 0 unspecified atom stereocenters. The molecule has 0 aliphatic rings. The number of furan rings is 1. The highest BCUT2D eigenvalue weighted by Crippen LogP contribution is 2.12. The van der Waals surface area contributed by atoms with Crippen LogP contribution in [0.2, 0.25) is 0 Å². The second-order valence-electron chi connectivity index (χ2n) is 3.66. The monoisotopic (exact) mass is 270 g/mol. The predicted octanol–water partition coefficient (Wildman–Crippen LogP) is 0.201. The van der Waals surface area contributed by atoms with Crippen LogP contribution >= 0.6 is 0 Å². The van der Waals surface area contributed by atoms with Crippen LogP contribution in [0.3, 0.4) is 0 Å². The van der Waals surface area contributed by atoms with Gasteiger partial charge in [-0.25, -0.2) is 13.1 Å². The molecule has 8 heteroatoms. The summed E-state index contributed by atoms with van der Waals surface area (Å²) in [6.45, 7) is 0.529. The summed E-state index contributed by atoms with van der Waals surface area (Å²) in [7, 11) is -1.88. The predicted molar refractivity (Wildman–Crippen MR) is 64.1 cm³/mol. The first-order chi connectivity index (χ1) is 8.63. The summed E-state index contributed by atoms with van der Waals surface area (Å²) in [5, 5.41) is 9.19. The fraction of sp³-hybridized carbons (Fsp3) is 0.300. The van der Waals surface area contributed by atoms with Crippen molar-refractivity contribution >= 4 is 10.0 Å². The molecule has 0 aromatic carbocycles. The summed E-state index contributed by atoms with van der Waals surface area (Å²) in [5.41, 5.74) is 0.587. The maximum atomic E-state index is 12.0. The van der Waals surface area contributed by atoms with E-state index in [1.807, 2.05) is 0 Å². The van der Waals surface area contributed by atoms with Gasteiger partial charge in [0.25, 0.3) is 10.0 Å². The van der Waals surface area contributed by atoms with Gasteiger partial charge in [0, 0.05) is 12.1 Å². The van der Waals surface area contributed by atoms with E-state index in [4.69, 9.17) is 4.42 Å². The third-order valence-electron chi connectivity index (χ3n) is 2.33. The number of rotatable bonds is 6. The number of hydrogen-bond donors (Lipinski definition) is 3. The lowest BCUT2D eigenvalue weighted by atomic mass is 10.4. The van der Waals surface area contributed by atoms with Crippen molar-refractivity contribution in [2.24, 2.45) is 0 Å². The Morgan fingerprint density at radius 3 is 2.94 bits per heavy atom. The number of H-pyrrole nitrogens is 1. The van der Waals surface area contributed by atoms with Crippen LogP contribution in [0.15, 0.2) is 34.0 Å². The van der Waals surface area contributed by atoms with Gasteiger partial charge in [0.15, 0.2) is 5.03 Å². The summed E-state index contributed by atoms with van der Waals surface area (Å²) < 4.78 is 31.6.